The van der Waals surface area contributed by atoms with Gasteiger partial charge in [-0.05, 0) is 57.7 Å². The highest BCUT2D eigenvalue weighted by molar-refractivity contribution is 9.10. The Kier molecular flexibility index (Phi) is 7.05. The van der Waals surface area contributed by atoms with Crippen LogP contribution < -0.4 is 10.9 Å². The number of carbonyl (C=O) groups is 1. The first-order valence-electron chi connectivity index (χ1n) is 10.1. The van der Waals surface area contributed by atoms with Gasteiger partial charge in [-0.2, -0.15) is 0 Å². The first kappa shape index (κ1) is 22.7. The van der Waals surface area contributed by atoms with E-state index in [2.05, 4.69) is 26.8 Å². The molecule has 29 heavy (non-hydrogen) atoms. The number of esters is 1. The first-order valence-corrected chi connectivity index (χ1v) is 12.4. The topological polar surface area (TPSA) is 87.7 Å². The van der Waals surface area contributed by atoms with Crippen molar-refractivity contribution in [3.63, 3.8) is 0 Å². The molecule has 2 aliphatic rings. The summed E-state index contributed by atoms with van der Waals surface area (Å²) in [6.07, 6.45) is 1.46. The smallest absolute Gasteiger partial charge is 0.312 e. The molecule has 0 spiro atoms. The molecule has 2 heterocycles. The highest BCUT2D eigenvalue weighted by Gasteiger charge is 2.48. The number of nitrogens with zero attached hydrogens (tertiary/aromatic N) is 1. The predicted molar refractivity (Wildman–Crippen MR) is 116 cm³/mol. The van der Waals surface area contributed by atoms with E-state index in [9.17, 15) is 13.2 Å². The number of hydrogen-bond acceptors (Lipinski definition) is 6. The second-order valence-corrected chi connectivity index (χ2v) is 11.1. The second-order valence-electron chi connectivity index (χ2n) is 8.08. The van der Waals surface area contributed by atoms with Gasteiger partial charge in [-0.1, -0.05) is 28.1 Å². The fourth-order valence-corrected chi connectivity index (χ4v) is 6.92. The van der Waals surface area contributed by atoms with Crippen LogP contribution in [0.15, 0.2) is 28.7 Å². The summed E-state index contributed by atoms with van der Waals surface area (Å²) in [6.45, 7) is 6.52. The molecular formula is C20H30BrN3O4S. The van der Waals surface area contributed by atoms with Crippen molar-refractivity contribution in [2.75, 3.05) is 19.7 Å². The lowest BCUT2D eigenvalue weighted by molar-refractivity contribution is -0.158. The quantitative estimate of drug-likeness (QED) is 0.598. The highest BCUT2D eigenvalue weighted by Crippen LogP contribution is 2.38. The molecule has 0 saturated carbocycles. The van der Waals surface area contributed by atoms with Crippen LogP contribution in [0.25, 0.3) is 0 Å². The van der Waals surface area contributed by atoms with E-state index in [1.165, 1.54) is 0 Å². The lowest BCUT2D eigenvalue weighted by atomic mass is 9.74. The largest absolute Gasteiger partial charge is 0.466 e. The van der Waals surface area contributed by atoms with Crippen molar-refractivity contribution in [3.8, 4) is 0 Å². The standard InChI is InChI=1S/C20H30BrN3O4S/c1-4-28-19(25)20(13-16-5-7-17(21)8-6-16)9-11-24(12-10-20)29(26,27)18-14(2)22-23-15(18)3/h5-8,14-15,18,22-23H,4,9-13H2,1-3H3. The monoisotopic (exact) mass is 487 g/mol. The number of carbonyl (C=O) groups excluding carboxylic acids is 1. The van der Waals surface area contributed by atoms with Crippen LogP contribution >= 0.6 is 15.9 Å². The van der Waals surface area contributed by atoms with E-state index in [-0.39, 0.29) is 18.1 Å². The molecule has 0 amide bonds. The van der Waals surface area contributed by atoms with Gasteiger partial charge >= 0.3 is 5.97 Å². The number of hydrazine groups is 1. The molecule has 1 aromatic carbocycles. The Labute approximate surface area is 181 Å². The SMILES string of the molecule is CCOC(=O)C1(Cc2ccc(Br)cc2)CCN(S(=O)(=O)C2C(C)NNC2C)CC1. The van der Waals surface area contributed by atoms with Crippen LogP contribution in [0.4, 0.5) is 0 Å². The molecule has 0 aromatic heterocycles. The summed E-state index contributed by atoms with van der Waals surface area (Å²) in [7, 11) is -3.48. The van der Waals surface area contributed by atoms with Gasteiger partial charge in [0.25, 0.3) is 0 Å². The Balaban J connectivity index is 1.78. The third-order valence-electron chi connectivity index (χ3n) is 6.07. The molecule has 0 bridgehead atoms. The first-order chi connectivity index (χ1) is 13.7. The van der Waals surface area contributed by atoms with Crippen molar-refractivity contribution >= 4 is 31.9 Å². The lowest BCUT2D eigenvalue weighted by Crippen LogP contribution is -2.53. The van der Waals surface area contributed by atoms with Crippen LogP contribution in [0.3, 0.4) is 0 Å². The van der Waals surface area contributed by atoms with E-state index in [4.69, 9.17) is 4.74 Å². The van der Waals surface area contributed by atoms with Crippen molar-refractivity contribution in [3.05, 3.63) is 34.3 Å². The van der Waals surface area contributed by atoms with E-state index in [0.29, 0.717) is 39.0 Å². The van der Waals surface area contributed by atoms with Gasteiger partial charge in [-0.25, -0.2) is 12.7 Å². The van der Waals surface area contributed by atoms with Gasteiger partial charge < -0.3 is 4.74 Å². The van der Waals surface area contributed by atoms with Gasteiger partial charge in [0.15, 0.2) is 0 Å². The third-order valence-corrected chi connectivity index (χ3v) is 9.19. The molecule has 0 radical (unpaired) electrons. The van der Waals surface area contributed by atoms with Crippen LogP contribution in [0.2, 0.25) is 0 Å². The molecule has 162 valence electrons. The fourth-order valence-electron chi connectivity index (χ4n) is 4.45. The minimum Gasteiger partial charge on any atom is -0.466 e. The number of ether oxygens (including phenoxy) is 1. The summed E-state index contributed by atoms with van der Waals surface area (Å²) in [6, 6.07) is 7.55. The Morgan fingerprint density at radius 3 is 2.24 bits per heavy atom. The van der Waals surface area contributed by atoms with E-state index in [0.717, 1.165) is 10.0 Å². The zero-order valence-electron chi connectivity index (χ0n) is 17.2. The summed E-state index contributed by atoms with van der Waals surface area (Å²) in [5, 5.41) is -0.524. The maximum Gasteiger partial charge on any atom is 0.312 e. The van der Waals surface area contributed by atoms with Gasteiger partial charge in [0, 0.05) is 29.6 Å². The molecule has 2 aliphatic heterocycles. The van der Waals surface area contributed by atoms with Gasteiger partial charge in [-0.3, -0.25) is 15.6 Å². The zero-order chi connectivity index (χ0) is 21.2. The molecule has 7 nitrogen and oxygen atoms in total. The van der Waals surface area contributed by atoms with Crippen LogP contribution in [0.1, 0.15) is 39.2 Å². The number of hydrogen-bond donors (Lipinski definition) is 2. The zero-order valence-corrected chi connectivity index (χ0v) is 19.6. The summed E-state index contributed by atoms with van der Waals surface area (Å²) >= 11 is 3.43. The molecule has 3 rings (SSSR count). The van der Waals surface area contributed by atoms with Crippen LogP contribution in [0.5, 0.6) is 0 Å². The number of rotatable bonds is 6. The second kappa shape index (κ2) is 9.01. The van der Waals surface area contributed by atoms with E-state index >= 15 is 0 Å². The lowest BCUT2D eigenvalue weighted by Gasteiger charge is -2.40. The molecular weight excluding hydrogens is 458 g/mol. The highest BCUT2D eigenvalue weighted by atomic mass is 79.9. The minimum atomic E-state index is -3.48. The number of piperidine rings is 1. The normalized spacial score (nSPS) is 27.7. The summed E-state index contributed by atoms with van der Waals surface area (Å²) in [5.41, 5.74) is 6.39. The Morgan fingerprint density at radius 1 is 1.17 bits per heavy atom. The number of sulfonamides is 1. The molecule has 2 atom stereocenters. The van der Waals surface area contributed by atoms with Gasteiger partial charge in [-0.15, -0.1) is 0 Å². The number of benzene rings is 1. The summed E-state index contributed by atoms with van der Waals surface area (Å²) in [4.78, 5) is 12.9. The molecule has 9 heteroatoms. The van der Waals surface area contributed by atoms with E-state index < -0.39 is 20.7 Å². The third kappa shape index (κ3) is 4.69. The minimum absolute atomic E-state index is 0.172. The van der Waals surface area contributed by atoms with Crippen molar-refractivity contribution in [1.29, 1.82) is 0 Å². The molecule has 2 saturated heterocycles. The summed E-state index contributed by atoms with van der Waals surface area (Å²) in [5.74, 6) is -0.231. The Bertz CT molecular complexity index is 813. The molecule has 0 aliphatic carbocycles. The van der Waals surface area contributed by atoms with Crippen molar-refractivity contribution in [2.24, 2.45) is 5.41 Å². The Hall–Kier alpha value is -1.00. The van der Waals surface area contributed by atoms with Crippen LogP contribution in [-0.4, -0.2) is 55.7 Å². The van der Waals surface area contributed by atoms with Gasteiger partial charge in [0.2, 0.25) is 10.0 Å². The van der Waals surface area contributed by atoms with Crippen molar-refractivity contribution < 1.29 is 17.9 Å². The Morgan fingerprint density at radius 2 is 1.72 bits per heavy atom. The molecule has 2 fully saturated rings. The average Bonchev–Trinajstić information content (AvgIpc) is 3.03. The maximum absolute atomic E-state index is 13.2. The molecule has 1 aromatic rings. The van der Waals surface area contributed by atoms with E-state index in [1.807, 2.05) is 38.1 Å². The summed E-state index contributed by atoms with van der Waals surface area (Å²) < 4.78 is 34.4. The van der Waals surface area contributed by atoms with Crippen LogP contribution in [0, 0.1) is 5.41 Å². The van der Waals surface area contributed by atoms with Crippen LogP contribution in [-0.2, 0) is 26.0 Å². The number of nitrogens with one attached hydrogen (secondary N) is 2. The molecule has 2 unspecified atom stereocenters. The van der Waals surface area contributed by atoms with Crippen molar-refractivity contribution in [1.82, 2.24) is 15.2 Å². The number of halogens is 1. The molecule has 2 N–H and O–H groups in total. The van der Waals surface area contributed by atoms with Crippen molar-refractivity contribution in [2.45, 2.75) is 57.4 Å². The maximum atomic E-state index is 13.2. The predicted octanol–water partition coefficient (Wildman–Crippen LogP) is 2.22. The van der Waals surface area contributed by atoms with E-state index in [1.54, 1.807) is 11.2 Å². The van der Waals surface area contributed by atoms with Gasteiger partial charge in [0.05, 0.1) is 12.0 Å². The average molecular weight is 488 g/mol. The fraction of sp³-hybridized carbons (Fsp3) is 0.650. The van der Waals surface area contributed by atoms with Gasteiger partial charge in [0.1, 0.15) is 5.25 Å².